The molecule has 0 saturated heterocycles. The molecule has 0 aliphatic rings. The van der Waals surface area contributed by atoms with E-state index in [0.717, 1.165) is 35.5 Å². The van der Waals surface area contributed by atoms with Crippen LogP contribution in [-0.2, 0) is 4.79 Å². The first-order chi connectivity index (χ1) is 15.8. The van der Waals surface area contributed by atoms with Crippen molar-refractivity contribution in [2.75, 3.05) is 13.2 Å². The number of unbranched alkanes of at least 4 members (excludes halogenated alkanes) is 3. The van der Waals surface area contributed by atoms with E-state index < -0.39 is 0 Å². The van der Waals surface area contributed by atoms with Crippen LogP contribution >= 0.6 is 0 Å². The van der Waals surface area contributed by atoms with Gasteiger partial charge in [-0.25, -0.2) is 5.43 Å². The molecule has 1 amide bonds. The summed E-state index contributed by atoms with van der Waals surface area (Å²) in [4.78, 5) is 12.1. The summed E-state index contributed by atoms with van der Waals surface area (Å²) >= 11 is 0. The molecule has 0 aromatic heterocycles. The minimum absolute atomic E-state index is 0.119. The summed E-state index contributed by atoms with van der Waals surface area (Å²) in [6.45, 7) is 2.81. The third-order valence-corrected chi connectivity index (χ3v) is 4.88. The first kappa shape index (κ1) is 23.1. The monoisotopic (exact) mass is 430 g/mol. The van der Waals surface area contributed by atoms with Crippen molar-refractivity contribution in [3.8, 4) is 22.6 Å². The van der Waals surface area contributed by atoms with Gasteiger partial charge in [0.25, 0.3) is 5.91 Å². The van der Waals surface area contributed by atoms with Crippen LogP contribution in [0, 0.1) is 0 Å². The second kappa shape index (κ2) is 13.0. The van der Waals surface area contributed by atoms with Crippen molar-refractivity contribution in [2.24, 2.45) is 5.10 Å². The van der Waals surface area contributed by atoms with Crippen LogP contribution in [0.5, 0.6) is 11.5 Å². The highest BCUT2D eigenvalue weighted by atomic mass is 16.5. The summed E-state index contributed by atoms with van der Waals surface area (Å²) in [6.07, 6.45) is 6.33. The fraction of sp³-hybridized carbons (Fsp3) is 0.259. The highest BCUT2D eigenvalue weighted by Gasteiger charge is 2.07. The average molecular weight is 431 g/mol. The van der Waals surface area contributed by atoms with Gasteiger partial charge in [0.2, 0.25) is 0 Å². The third kappa shape index (κ3) is 7.58. The van der Waals surface area contributed by atoms with E-state index in [-0.39, 0.29) is 12.5 Å². The Morgan fingerprint density at radius 2 is 1.62 bits per heavy atom. The Bertz CT molecular complexity index is 985. The van der Waals surface area contributed by atoms with Gasteiger partial charge in [-0.3, -0.25) is 4.79 Å². The summed E-state index contributed by atoms with van der Waals surface area (Å²) in [6, 6.07) is 25.2. The van der Waals surface area contributed by atoms with E-state index in [1.807, 2.05) is 78.9 Å². The van der Waals surface area contributed by atoms with Crippen LogP contribution in [0.25, 0.3) is 11.1 Å². The Morgan fingerprint density at radius 1 is 0.875 bits per heavy atom. The predicted octanol–water partition coefficient (Wildman–Crippen LogP) is 5.84. The highest BCUT2D eigenvalue weighted by Crippen LogP contribution is 2.29. The van der Waals surface area contributed by atoms with E-state index in [1.165, 1.54) is 19.3 Å². The zero-order chi connectivity index (χ0) is 22.4. The Morgan fingerprint density at radius 3 is 2.41 bits per heavy atom. The minimum Gasteiger partial charge on any atom is -0.494 e. The molecule has 5 heteroatoms. The maximum atomic E-state index is 12.1. The minimum atomic E-state index is -0.323. The summed E-state index contributed by atoms with van der Waals surface area (Å²) in [5.74, 6) is 1.17. The van der Waals surface area contributed by atoms with Crippen molar-refractivity contribution in [3.05, 3.63) is 84.4 Å². The molecule has 0 saturated carbocycles. The lowest BCUT2D eigenvalue weighted by Gasteiger charge is -2.10. The fourth-order valence-corrected chi connectivity index (χ4v) is 3.17. The molecule has 0 radical (unpaired) electrons. The lowest BCUT2D eigenvalue weighted by atomic mass is 10.1. The van der Waals surface area contributed by atoms with Gasteiger partial charge in [0.1, 0.15) is 11.5 Å². The van der Waals surface area contributed by atoms with Crippen molar-refractivity contribution in [2.45, 2.75) is 32.6 Å². The molecule has 1 N–H and O–H groups in total. The molecule has 0 fully saturated rings. The Balaban J connectivity index is 1.44. The second-order valence-electron chi connectivity index (χ2n) is 7.42. The lowest BCUT2D eigenvalue weighted by Crippen LogP contribution is -2.24. The van der Waals surface area contributed by atoms with Crippen molar-refractivity contribution in [1.29, 1.82) is 0 Å². The molecule has 0 atom stereocenters. The van der Waals surface area contributed by atoms with E-state index in [1.54, 1.807) is 6.21 Å². The zero-order valence-electron chi connectivity index (χ0n) is 18.5. The maximum Gasteiger partial charge on any atom is 0.277 e. The first-order valence-electron chi connectivity index (χ1n) is 11.1. The number of hydrazone groups is 1. The number of para-hydroxylation sites is 1. The quantitative estimate of drug-likeness (QED) is 0.223. The molecule has 3 aromatic carbocycles. The van der Waals surface area contributed by atoms with Crippen molar-refractivity contribution >= 4 is 12.1 Å². The van der Waals surface area contributed by atoms with Gasteiger partial charge in [0.05, 0.1) is 12.8 Å². The summed E-state index contributed by atoms with van der Waals surface area (Å²) in [5.41, 5.74) is 5.36. The maximum absolute atomic E-state index is 12.1. The number of nitrogens with zero attached hydrogens (tertiary/aromatic N) is 1. The number of benzene rings is 3. The van der Waals surface area contributed by atoms with Gasteiger partial charge in [-0.1, -0.05) is 74.7 Å². The number of carbonyl (C=O) groups is 1. The summed E-state index contributed by atoms with van der Waals surface area (Å²) < 4.78 is 11.5. The number of nitrogens with one attached hydrogen (secondary N) is 1. The van der Waals surface area contributed by atoms with Gasteiger partial charge in [0, 0.05) is 5.56 Å². The largest absolute Gasteiger partial charge is 0.494 e. The molecular formula is C27H30N2O3. The molecule has 166 valence electrons. The van der Waals surface area contributed by atoms with E-state index in [9.17, 15) is 4.79 Å². The number of ether oxygens (including phenoxy) is 2. The molecule has 0 spiro atoms. The number of hydrogen-bond acceptors (Lipinski definition) is 4. The van der Waals surface area contributed by atoms with Gasteiger partial charge in [-0.15, -0.1) is 0 Å². The molecule has 3 rings (SSSR count). The van der Waals surface area contributed by atoms with Crippen LogP contribution < -0.4 is 14.9 Å². The molecule has 3 aromatic rings. The molecule has 32 heavy (non-hydrogen) atoms. The molecule has 0 aliphatic carbocycles. The van der Waals surface area contributed by atoms with Crippen LogP contribution in [0.3, 0.4) is 0 Å². The molecule has 0 heterocycles. The molecule has 0 unspecified atom stereocenters. The average Bonchev–Trinajstić information content (AvgIpc) is 2.84. The smallest absolute Gasteiger partial charge is 0.277 e. The van der Waals surface area contributed by atoms with Crippen LogP contribution in [0.1, 0.15) is 38.2 Å². The first-order valence-corrected chi connectivity index (χ1v) is 11.1. The van der Waals surface area contributed by atoms with Gasteiger partial charge in [-0.05, 0) is 47.9 Å². The summed E-state index contributed by atoms with van der Waals surface area (Å²) in [5, 5.41) is 4.01. The number of hydrogen-bond donors (Lipinski definition) is 1. The van der Waals surface area contributed by atoms with Gasteiger partial charge >= 0.3 is 0 Å². The second-order valence-corrected chi connectivity index (χ2v) is 7.42. The highest BCUT2D eigenvalue weighted by molar-refractivity contribution is 5.83. The molecule has 5 nitrogen and oxygen atoms in total. The number of carbonyl (C=O) groups excluding carboxylic acids is 1. The van der Waals surface area contributed by atoms with Crippen molar-refractivity contribution in [3.63, 3.8) is 0 Å². The summed E-state index contributed by atoms with van der Waals surface area (Å²) in [7, 11) is 0. The van der Waals surface area contributed by atoms with Crippen molar-refractivity contribution in [1.82, 2.24) is 5.43 Å². The van der Waals surface area contributed by atoms with Gasteiger partial charge in [0.15, 0.2) is 6.61 Å². The molecular weight excluding hydrogens is 400 g/mol. The van der Waals surface area contributed by atoms with Gasteiger partial charge in [-0.2, -0.15) is 5.10 Å². The van der Waals surface area contributed by atoms with E-state index in [0.29, 0.717) is 5.75 Å². The van der Waals surface area contributed by atoms with Gasteiger partial charge < -0.3 is 9.47 Å². The standard InChI is InChI=1S/C27H30N2O3/c1-2-3-4-10-19-31-24-17-15-22(16-18-24)20-28-29-27(30)21-32-26-14-9-8-13-25(26)23-11-6-5-7-12-23/h5-9,11-18,20H,2-4,10,19,21H2,1H3,(H,29,30). The van der Waals surface area contributed by atoms with Crippen LogP contribution in [0.2, 0.25) is 0 Å². The van der Waals surface area contributed by atoms with E-state index in [4.69, 9.17) is 9.47 Å². The Hall–Kier alpha value is -3.60. The van der Waals surface area contributed by atoms with Crippen LogP contribution in [0.4, 0.5) is 0 Å². The molecule has 0 aliphatic heterocycles. The normalized spacial score (nSPS) is 10.8. The van der Waals surface area contributed by atoms with Crippen LogP contribution in [-0.4, -0.2) is 25.3 Å². The van der Waals surface area contributed by atoms with E-state index >= 15 is 0 Å². The van der Waals surface area contributed by atoms with E-state index in [2.05, 4.69) is 17.5 Å². The predicted molar refractivity (Wildman–Crippen MR) is 129 cm³/mol. The Kier molecular flexibility index (Phi) is 9.34. The topological polar surface area (TPSA) is 59.9 Å². The van der Waals surface area contributed by atoms with Crippen LogP contribution in [0.15, 0.2) is 84.0 Å². The zero-order valence-corrected chi connectivity index (χ0v) is 18.5. The third-order valence-electron chi connectivity index (χ3n) is 4.88. The number of rotatable bonds is 12. The van der Waals surface area contributed by atoms with Crippen molar-refractivity contribution < 1.29 is 14.3 Å². The molecule has 0 bridgehead atoms. The Labute approximate surface area is 190 Å². The number of amides is 1. The lowest BCUT2D eigenvalue weighted by molar-refractivity contribution is -0.123. The fourth-order valence-electron chi connectivity index (χ4n) is 3.17. The SMILES string of the molecule is CCCCCCOc1ccc(C=NNC(=O)COc2ccccc2-c2ccccc2)cc1.